The van der Waals surface area contributed by atoms with E-state index in [-0.39, 0.29) is 11.7 Å². The summed E-state index contributed by atoms with van der Waals surface area (Å²) in [5, 5.41) is 14.1. The molecule has 0 saturated carbocycles. The predicted octanol–water partition coefficient (Wildman–Crippen LogP) is 3.77. The zero-order chi connectivity index (χ0) is 19.1. The standard InChI is InChI=1S/C19H22BrN3O3/c1-4-23(5-2)15-8-6-14(17(24)11-15)12-21-22-19(25)13-7-9-18(26-3)16(20)10-13/h6-12,24H,4-5H2,1-3H3,(H,22,25)/b21-12+. The van der Waals surface area contributed by atoms with Crippen LogP contribution in [-0.4, -0.2) is 37.4 Å². The maximum atomic E-state index is 12.1. The van der Waals surface area contributed by atoms with Crippen LogP contribution >= 0.6 is 15.9 Å². The number of anilines is 1. The number of halogens is 1. The van der Waals surface area contributed by atoms with Crippen LogP contribution in [0.4, 0.5) is 5.69 Å². The van der Waals surface area contributed by atoms with Crippen molar-refractivity contribution in [2.45, 2.75) is 13.8 Å². The summed E-state index contributed by atoms with van der Waals surface area (Å²) in [6.45, 7) is 5.83. The first-order valence-corrected chi connectivity index (χ1v) is 9.04. The van der Waals surface area contributed by atoms with Crippen LogP contribution in [0.15, 0.2) is 46.0 Å². The number of benzene rings is 2. The molecule has 0 saturated heterocycles. The van der Waals surface area contributed by atoms with Crippen molar-refractivity contribution in [2.75, 3.05) is 25.1 Å². The highest BCUT2D eigenvalue weighted by Gasteiger charge is 2.09. The predicted molar refractivity (Wildman–Crippen MR) is 107 cm³/mol. The van der Waals surface area contributed by atoms with Crippen molar-refractivity contribution >= 4 is 33.7 Å². The summed E-state index contributed by atoms with van der Waals surface area (Å²) in [5.74, 6) is 0.395. The average molecular weight is 420 g/mol. The molecule has 0 aliphatic rings. The number of phenolic OH excluding ortho intramolecular Hbond substituents is 1. The Bertz CT molecular complexity index is 805. The van der Waals surface area contributed by atoms with Crippen LogP contribution in [0.2, 0.25) is 0 Å². The summed E-state index contributed by atoms with van der Waals surface area (Å²) in [4.78, 5) is 14.3. The van der Waals surface area contributed by atoms with Gasteiger partial charge in [-0.25, -0.2) is 5.43 Å². The van der Waals surface area contributed by atoms with Crippen molar-refractivity contribution in [1.29, 1.82) is 0 Å². The van der Waals surface area contributed by atoms with Gasteiger partial charge < -0.3 is 14.7 Å². The molecule has 0 radical (unpaired) electrons. The molecule has 0 heterocycles. The SMILES string of the molecule is CCN(CC)c1ccc(/C=N/NC(=O)c2ccc(OC)c(Br)c2)c(O)c1. The molecule has 0 atom stereocenters. The molecule has 0 aliphatic carbocycles. The van der Waals surface area contributed by atoms with Crippen molar-refractivity contribution in [1.82, 2.24) is 5.43 Å². The molecule has 0 fully saturated rings. The van der Waals surface area contributed by atoms with Crippen molar-refractivity contribution in [3.8, 4) is 11.5 Å². The summed E-state index contributed by atoms with van der Waals surface area (Å²) in [6, 6.07) is 10.4. The second kappa shape index (κ2) is 9.24. The van der Waals surface area contributed by atoms with Crippen LogP contribution in [0.1, 0.15) is 29.8 Å². The second-order valence-corrected chi connectivity index (χ2v) is 6.32. The summed E-state index contributed by atoms with van der Waals surface area (Å²) in [7, 11) is 1.56. The molecule has 26 heavy (non-hydrogen) atoms. The van der Waals surface area contributed by atoms with Gasteiger partial charge in [-0.1, -0.05) is 0 Å². The Labute approximate surface area is 161 Å². The molecule has 0 unspecified atom stereocenters. The molecule has 2 aromatic rings. The maximum absolute atomic E-state index is 12.1. The Morgan fingerprint density at radius 2 is 2.00 bits per heavy atom. The third-order valence-corrected chi connectivity index (χ3v) is 4.55. The van der Waals surface area contributed by atoms with Gasteiger partial charge in [0.2, 0.25) is 0 Å². The Morgan fingerprint density at radius 1 is 1.27 bits per heavy atom. The highest BCUT2D eigenvalue weighted by Crippen LogP contribution is 2.25. The number of amides is 1. The van der Waals surface area contributed by atoms with Crippen LogP contribution in [0.5, 0.6) is 11.5 Å². The zero-order valence-electron chi connectivity index (χ0n) is 15.0. The molecular weight excluding hydrogens is 398 g/mol. The van der Waals surface area contributed by atoms with Crippen LogP contribution in [0.25, 0.3) is 0 Å². The van der Waals surface area contributed by atoms with Crippen molar-refractivity contribution in [3.05, 3.63) is 52.0 Å². The zero-order valence-corrected chi connectivity index (χ0v) is 16.6. The number of nitrogens with one attached hydrogen (secondary N) is 1. The summed E-state index contributed by atoms with van der Waals surface area (Å²) in [6.07, 6.45) is 1.41. The summed E-state index contributed by atoms with van der Waals surface area (Å²) in [5.41, 5.74) is 4.35. The molecule has 2 aromatic carbocycles. The van der Waals surface area contributed by atoms with E-state index in [0.29, 0.717) is 21.3 Å². The van der Waals surface area contributed by atoms with Crippen molar-refractivity contribution in [2.24, 2.45) is 5.10 Å². The van der Waals surface area contributed by atoms with Gasteiger partial charge in [-0.2, -0.15) is 5.10 Å². The number of phenols is 1. The minimum atomic E-state index is -0.358. The molecule has 1 amide bonds. The van der Waals surface area contributed by atoms with E-state index in [1.165, 1.54) is 6.21 Å². The van der Waals surface area contributed by atoms with Crippen LogP contribution in [0, 0.1) is 0 Å². The number of hydrogen-bond acceptors (Lipinski definition) is 5. The molecule has 0 aromatic heterocycles. The number of aromatic hydroxyl groups is 1. The Balaban J connectivity index is 2.06. The van der Waals surface area contributed by atoms with E-state index >= 15 is 0 Å². The topological polar surface area (TPSA) is 74.2 Å². The van der Waals surface area contributed by atoms with E-state index in [4.69, 9.17) is 4.74 Å². The third kappa shape index (κ3) is 4.76. The number of methoxy groups -OCH3 is 1. The van der Waals surface area contributed by atoms with Crippen LogP contribution < -0.4 is 15.1 Å². The highest BCUT2D eigenvalue weighted by molar-refractivity contribution is 9.10. The van der Waals surface area contributed by atoms with Gasteiger partial charge in [0.1, 0.15) is 11.5 Å². The van der Waals surface area contributed by atoms with Gasteiger partial charge in [-0.3, -0.25) is 4.79 Å². The summed E-state index contributed by atoms with van der Waals surface area (Å²) >= 11 is 3.34. The van der Waals surface area contributed by atoms with Gasteiger partial charge in [0.25, 0.3) is 5.91 Å². The molecule has 0 bridgehead atoms. The van der Waals surface area contributed by atoms with E-state index in [9.17, 15) is 9.90 Å². The minimum Gasteiger partial charge on any atom is -0.507 e. The molecular formula is C19H22BrN3O3. The largest absolute Gasteiger partial charge is 0.507 e. The monoisotopic (exact) mass is 419 g/mol. The minimum absolute atomic E-state index is 0.111. The third-order valence-electron chi connectivity index (χ3n) is 3.93. The Kier molecular flexibility index (Phi) is 7.03. The Morgan fingerprint density at radius 3 is 2.58 bits per heavy atom. The summed E-state index contributed by atoms with van der Waals surface area (Å²) < 4.78 is 5.82. The van der Waals surface area contributed by atoms with Crippen molar-refractivity contribution < 1.29 is 14.6 Å². The average Bonchev–Trinajstić information content (AvgIpc) is 2.64. The molecule has 138 valence electrons. The Hall–Kier alpha value is -2.54. The van der Waals surface area contributed by atoms with Gasteiger partial charge >= 0.3 is 0 Å². The number of ether oxygens (including phenoxy) is 1. The van der Waals surface area contributed by atoms with Gasteiger partial charge in [-0.15, -0.1) is 0 Å². The second-order valence-electron chi connectivity index (χ2n) is 5.46. The first-order chi connectivity index (χ1) is 12.5. The number of rotatable bonds is 7. The molecule has 2 N–H and O–H groups in total. The molecule has 6 nitrogen and oxygen atoms in total. The number of carbonyl (C=O) groups is 1. The number of nitrogens with zero attached hydrogens (tertiary/aromatic N) is 2. The van der Waals surface area contributed by atoms with Crippen molar-refractivity contribution in [3.63, 3.8) is 0 Å². The molecule has 2 rings (SSSR count). The smallest absolute Gasteiger partial charge is 0.271 e. The lowest BCUT2D eigenvalue weighted by Gasteiger charge is -2.21. The van der Waals surface area contributed by atoms with Gasteiger partial charge in [-0.05, 0) is 60.1 Å². The first-order valence-electron chi connectivity index (χ1n) is 8.25. The normalized spacial score (nSPS) is 10.8. The fraction of sp³-hybridized carbons (Fsp3) is 0.263. The van der Waals surface area contributed by atoms with E-state index < -0.39 is 0 Å². The fourth-order valence-corrected chi connectivity index (χ4v) is 3.00. The first kappa shape index (κ1) is 19.8. The van der Waals surface area contributed by atoms with Gasteiger partial charge in [0.05, 0.1) is 17.8 Å². The van der Waals surface area contributed by atoms with Gasteiger partial charge in [0, 0.05) is 36.0 Å². The fourth-order valence-electron chi connectivity index (χ4n) is 2.46. The van der Waals surface area contributed by atoms with Crippen LogP contribution in [-0.2, 0) is 0 Å². The van der Waals surface area contributed by atoms with E-state index in [1.807, 2.05) is 6.07 Å². The number of carbonyl (C=O) groups excluding carboxylic acids is 1. The molecule has 0 aliphatic heterocycles. The lowest BCUT2D eigenvalue weighted by atomic mass is 10.2. The lowest BCUT2D eigenvalue weighted by molar-refractivity contribution is 0.0955. The van der Waals surface area contributed by atoms with E-state index in [1.54, 1.807) is 37.4 Å². The molecule has 0 spiro atoms. The molecule has 7 heteroatoms. The van der Waals surface area contributed by atoms with E-state index in [2.05, 4.69) is 45.2 Å². The van der Waals surface area contributed by atoms with Gasteiger partial charge in [0.15, 0.2) is 0 Å². The van der Waals surface area contributed by atoms with Crippen LogP contribution in [0.3, 0.4) is 0 Å². The maximum Gasteiger partial charge on any atom is 0.271 e. The van der Waals surface area contributed by atoms with E-state index in [0.717, 1.165) is 18.8 Å². The number of hydrazone groups is 1. The number of hydrogen-bond donors (Lipinski definition) is 2. The quantitative estimate of drug-likeness (QED) is 0.528. The highest BCUT2D eigenvalue weighted by atomic mass is 79.9. The lowest BCUT2D eigenvalue weighted by Crippen LogP contribution is -2.21.